The number of carbonyl (C=O) groups excluding carboxylic acids is 2. The van der Waals surface area contributed by atoms with Crippen molar-refractivity contribution in [3.05, 3.63) is 83.8 Å². The predicted octanol–water partition coefficient (Wildman–Crippen LogP) is 2.62. The molecule has 0 saturated carbocycles. The van der Waals surface area contributed by atoms with Crippen LogP contribution in [0.1, 0.15) is 21.7 Å². The van der Waals surface area contributed by atoms with Crippen molar-refractivity contribution >= 4 is 33.6 Å². The van der Waals surface area contributed by atoms with Crippen molar-refractivity contribution in [3.63, 3.8) is 0 Å². The van der Waals surface area contributed by atoms with Crippen LogP contribution in [0.3, 0.4) is 0 Å². The first-order chi connectivity index (χ1) is 14.8. The van der Waals surface area contributed by atoms with Gasteiger partial charge in [0.25, 0.3) is 5.91 Å². The molecule has 10 heteroatoms. The lowest BCUT2D eigenvalue weighted by Gasteiger charge is -2.09. The highest BCUT2D eigenvalue weighted by Gasteiger charge is 2.15. The molecule has 0 aliphatic rings. The monoisotopic (exact) mass is 459 g/mol. The molecule has 3 aromatic rings. The molecule has 1 heterocycles. The highest BCUT2D eigenvalue weighted by molar-refractivity contribution is 8.00. The first-order valence-corrected chi connectivity index (χ1v) is 11.7. The minimum atomic E-state index is -3.76. The second kappa shape index (κ2) is 10.3. The van der Waals surface area contributed by atoms with Crippen LogP contribution in [0, 0.1) is 6.92 Å². The summed E-state index contributed by atoms with van der Waals surface area (Å²) in [5.74, 6) is -0.292. The second-order valence-electron chi connectivity index (χ2n) is 6.53. The normalized spacial score (nSPS) is 11.1. The third kappa shape index (κ3) is 6.71. The van der Waals surface area contributed by atoms with Gasteiger partial charge in [-0.15, -0.1) is 11.8 Å². The Balaban J connectivity index is 1.48. The van der Waals surface area contributed by atoms with Crippen LogP contribution in [-0.2, 0) is 21.4 Å². The Labute approximate surface area is 184 Å². The van der Waals surface area contributed by atoms with E-state index in [1.165, 1.54) is 42.3 Å². The van der Waals surface area contributed by atoms with E-state index < -0.39 is 15.9 Å². The molecule has 3 N–H and O–H groups in total. The number of benzene rings is 2. The van der Waals surface area contributed by atoms with Crippen LogP contribution in [0.5, 0.6) is 0 Å². The van der Waals surface area contributed by atoms with Gasteiger partial charge in [-0.2, -0.15) is 0 Å². The molecule has 31 heavy (non-hydrogen) atoms. The fourth-order valence-electron chi connectivity index (χ4n) is 2.47. The summed E-state index contributed by atoms with van der Waals surface area (Å²) in [5, 5.41) is 0. The SMILES string of the molecule is Cc1ccc(SCC(=O)NNC(=O)c2ccc(S(=O)(=O)NCc3ccco3)cc2)cc1. The number of hydrogen-bond donors (Lipinski definition) is 3. The number of rotatable bonds is 8. The van der Waals surface area contributed by atoms with Crippen molar-refractivity contribution in [2.45, 2.75) is 23.3 Å². The van der Waals surface area contributed by atoms with Crippen molar-refractivity contribution in [2.75, 3.05) is 5.75 Å². The fraction of sp³-hybridized carbons (Fsp3) is 0.143. The molecule has 1 aromatic heterocycles. The summed E-state index contributed by atoms with van der Waals surface area (Å²) in [7, 11) is -3.76. The Hall–Kier alpha value is -3.08. The van der Waals surface area contributed by atoms with Crippen molar-refractivity contribution in [1.29, 1.82) is 0 Å². The summed E-state index contributed by atoms with van der Waals surface area (Å²) < 4.78 is 32.1. The number of hydrogen-bond acceptors (Lipinski definition) is 6. The molecule has 0 radical (unpaired) electrons. The number of aryl methyl sites for hydroxylation is 1. The van der Waals surface area contributed by atoms with Gasteiger partial charge in [-0.25, -0.2) is 13.1 Å². The molecule has 0 aliphatic carbocycles. The number of sulfonamides is 1. The molecule has 0 unspecified atom stereocenters. The summed E-state index contributed by atoms with van der Waals surface area (Å²) in [4.78, 5) is 25.1. The molecule has 0 aliphatic heterocycles. The number of furan rings is 1. The Kier molecular flexibility index (Phi) is 7.50. The van der Waals surface area contributed by atoms with Crippen LogP contribution < -0.4 is 15.6 Å². The zero-order chi connectivity index (χ0) is 22.3. The molecule has 2 amide bonds. The summed E-state index contributed by atoms with van der Waals surface area (Å²) in [5.41, 5.74) is 6.00. The summed E-state index contributed by atoms with van der Waals surface area (Å²) >= 11 is 1.35. The van der Waals surface area contributed by atoms with Gasteiger partial charge in [-0.3, -0.25) is 20.4 Å². The van der Waals surface area contributed by atoms with Gasteiger partial charge >= 0.3 is 0 Å². The average Bonchev–Trinajstić information content (AvgIpc) is 3.30. The fourth-order valence-corrected chi connectivity index (χ4v) is 4.16. The molecule has 0 saturated heterocycles. The summed E-state index contributed by atoms with van der Waals surface area (Å²) in [6, 6.07) is 16.4. The first kappa shape index (κ1) is 22.6. The molecule has 162 valence electrons. The minimum absolute atomic E-state index is 0.00846. The Morgan fingerprint density at radius 3 is 2.32 bits per heavy atom. The van der Waals surface area contributed by atoms with E-state index in [1.54, 1.807) is 12.1 Å². The quantitative estimate of drug-likeness (QED) is 0.352. The van der Waals surface area contributed by atoms with Gasteiger partial charge in [0.15, 0.2) is 0 Å². The lowest BCUT2D eigenvalue weighted by atomic mass is 10.2. The maximum Gasteiger partial charge on any atom is 0.269 e. The van der Waals surface area contributed by atoms with Gasteiger partial charge in [0.2, 0.25) is 15.9 Å². The molecule has 0 bridgehead atoms. The van der Waals surface area contributed by atoms with Gasteiger partial charge < -0.3 is 4.42 Å². The van der Waals surface area contributed by atoms with Gasteiger partial charge in [0.05, 0.1) is 23.5 Å². The van der Waals surface area contributed by atoms with Crippen LogP contribution in [0.25, 0.3) is 0 Å². The van der Waals surface area contributed by atoms with Crippen LogP contribution >= 0.6 is 11.8 Å². The molecule has 3 rings (SSSR count). The van der Waals surface area contributed by atoms with Crippen LogP contribution in [0.15, 0.2) is 81.1 Å². The second-order valence-corrected chi connectivity index (χ2v) is 9.35. The summed E-state index contributed by atoms with van der Waals surface area (Å²) in [6.07, 6.45) is 1.46. The van der Waals surface area contributed by atoms with Crippen molar-refractivity contribution in [1.82, 2.24) is 15.6 Å². The van der Waals surface area contributed by atoms with Gasteiger partial charge in [0, 0.05) is 10.5 Å². The molecule has 8 nitrogen and oxygen atoms in total. The number of nitrogens with one attached hydrogen (secondary N) is 3. The zero-order valence-electron chi connectivity index (χ0n) is 16.6. The Morgan fingerprint density at radius 2 is 1.68 bits per heavy atom. The smallest absolute Gasteiger partial charge is 0.269 e. The third-order valence-corrected chi connectivity index (χ3v) is 6.58. The third-order valence-electron chi connectivity index (χ3n) is 4.15. The van der Waals surface area contributed by atoms with E-state index in [0.717, 1.165) is 10.5 Å². The van der Waals surface area contributed by atoms with E-state index in [-0.39, 0.29) is 28.7 Å². The predicted molar refractivity (Wildman–Crippen MR) is 117 cm³/mol. The molecule has 0 spiro atoms. The first-order valence-electron chi connectivity index (χ1n) is 9.24. The van der Waals surface area contributed by atoms with E-state index in [1.807, 2.05) is 31.2 Å². The van der Waals surface area contributed by atoms with Gasteiger partial charge in [-0.1, -0.05) is 17.7 Å². The van der Waals surface area contributed by atoms with Crippen molar-refractivity contribution in [2.24, 2.45) is 0 Å². The maximum atomic E-state index is 12.3. The summed E-state index contributed by atoms with van der Waals surface area (Å²) in [6.45, 7) is 2.00. The minimum Gasteiger partial charge on any atom is -0.468 e. The number of carbonyl (C=O) groups is 2. The molecular formula is C21H21N3O5S2. The van der Waals surface area contributed by atoms with E-state index >= 15 is 0 Å². The van der Waals surface area contributed by atoms with E-state index in [9.17, 15) is 18.0 Å². The highest BCUT2D eigenvalue weighted by atomic mass is 32.2. The van der Waals surface area contributed by atoms with Crippen molar-refractivity contribution < 1.29 is 22.4 Å². The van der Waals surface area contributed by atoms with Gasteiger partial charge in [0.1, 0.15) is 5.76 Å². The highest BCUT2D eigenvalue weighted by Crippen LogP contribution is 2.17. The molecule has 0 atom stereocenters. The Bertz CT molecular complexity index is 1130. The topological polar surface area (TPSA) is 118 Å². The Morgan fingerprint density at radius 1 is 0.968 bits per heavy atom. The van der Waals surface area contributed by atoms with Crippen LogP contribution in [0.4, 0.5) is 0 Å². The van der Waals surface area contributed by atoms with Crippen LogP contribution in [-0.4, -0.2) is 26.0 Å². The van der Waals surface area contributed by atoms with E-state index in [0.29, 0.717) is 5.76 Å². The standard InChI is InChI=1S/C21H21N3O5S2/c1-15-4-8-18(9-5-15)30-14-20(25)23-24-21(26)16-6-10-19(11-7-16)31(27,28)22-13-17-3-2-12-29-17/h2-12,22H,13-14H2,1H3,(H,23,25)(H,24,26). The average molecular weight is 460 g/mol. The molecular weight excluding hydrogens is 438 g/mol. The number of thioether (sulfide) groups is 1. The molecule has 0 fully saturated rings. The lowest BCUT2D eigenvalue weighted by Crippen LogP contribution is -2.42. The zero-order valence-corrected chi connectivity index (χ0v) is 18.3. The van der Waals surface area contributed by atoms with E-state index in [2.05, 4.69) is 15.6 Å². The van der Waals surface area contributed by atoms with Gasteiger partial charge in [-0.05, 0) is 55.5 Å². The number of hydrazine groups is 1. The van der Waals surface area contributed by atoms with Crippen molar-refractivity contribution in [3.8, 4) is 0 Å². The van der Waals surface area contributed by atoms with Crippen LogP contribution in [0.2, 0.25) is 0 Å². The maximum absolute atomic E-state index is 12.3. The lowest BCUT2D eigenvalue weighted by molar-refractivity contribution is -0.119. The largest absolute Gasteiger partial charge is 0.468 e. The number of amides is 2. The molecule has 2 aromatic carbocycles. The van der Waals surface area contributed by atoms with E-state index in [4.69, 9.17) is 4.42 Å².